The lowest BCUT2D eigenvalue weighted by Crippen LogP contribution is -1.96. The largest absolute Gasteiger partial charge is 0.303 e. The van der Waals surface area contributed by atoms with Gasteiger partial charge in [0.1, 0.15) is 6.29 Å². The second-order valence-corrected chi connectivity index (χ2v) is 1.71. The summed E-state index contributed by atoms with van der Waals surface area (Å²) in [5.74, 6) is 2.52. The van der Waals surface area contributed by atoms with Crippen LogP contribution in [0.3, 0.4) is 0 Å². The van der Waals surface area contributed by atoms with Crippen LogP contribution in [0.25, 0.3) is 0 Å². The first-order valence-corrected chi connectivity index (χ1v) is 2.73. The van der Waals surface area contributed by atoms with Crippen LogP contribution in [0.4, 0.5) is 0 Å². The highest BCUT2D eigenvalue weighted by Gasteiger charge is 1.98. The Morgan fingerprint density at radius 1 is 1.88 bits per heavy atom. The van der Waals surface area contributed by atoms with Crippen molar-refractivity contribution in [3.63, 3.8) is 0 Å². The zero-order chi connectivity index (χ0) is 6.41. The van der Waals surface area contributed by atoms with Gasteiger partial charge in [-0.1, -0.05) is 6.92 Å². The lowest BCUT2D eigenvalue weighted by atomic mass is 10.1. The number of carbonyl (C=O) groups excluding carboxylic acids is 1. The maximum atomic E-state index is 10.0. The van der Waals surface area contributed by atoms with Crippen LogP contribution in [-0.4, -0.2) is 6.29 Å². The van der Waals surface area contributed by atoms with Crippen molar-refractivity contribution in [3.8, 4) is 12.3 Å². The summed E-state index contributed by atoms with van der Waals surface area (Å²) in [5.41, 5.74) is 0. The average molecular weight is 110 g/mol. The second-order valence-electron chi connectivity index (χ2n) is 1.71. The summed E-state index contributed by atoms with van der Waals surface area (Å²) in [4.78, 5) is 10.0. The van der Waals surface area contributed by atoms with Crippen molar-refractivity contribution in [2.45, 2.75) is 19.8 Å². The first-order valence-electron chi connectivity index (χ1n) is 2.73. The van der Waals surface area contributed by atoms with E-state index in [0.717, 1.165) is 12.7 Å². The Morgan fingerprint density at radius 3 is 2.62 bits per heavy atom. The van der Waals surface area contributed by atoms with Crippen LogP contribution >= 0.6 is 0 Å². The van der Waals surface area contributed by atoms with Gasteiger partial charge in [0.25, 0.3) is 0 Å². The molecular weight excluding hydrogens is 100 g/mol. The molecule has 1 atom stereocenters. The Bertz CT molecular complexity index is 99.4. The van der Waals surface area contributed by atoms with Gasteiger partial charge in [-0.2, -0.15) is 0 Å². The molecule has 0 bridgehead atoms. The van der Waals surface area contributed by atoms with Crippen LogP contribution in [0, 0.1) is 18.3 Å². The lowest BCUT2D eigenvalue weighted by molar-refractivity contribution is -0.111. The van der Waals surface area contributed by atoms with E-state index in [1.54, 1.807) is 0 Å². The third-order valence-electron chi connectivity index (χ3n) is 1.10. The minimum Gasteiger partial charge on any atom is -0.303 e. The smallest absolute Gasteiger partial charge is 0.124 e. The van der Waals surface area contributed by atoms with E-state index in [2.05, 4.69) is 5.92 Å². The van der Waals surface area contributed by atoms with Crippen LogP contribution in [0.1, 0.15) is 19.8 Å². The number of aldehydes is 1. The van der Waals surface area contributed by atoms with Gasteiger partial charge >= 0.3 is 0 Å². The Kier molecular flexibility index (Phi) is 3.97. The van der Waals surface area contributed by atoms with Crippen LogP contribution in [0.2, 0.25) is 0 Å². The van der Waals surface area contributed by atoms with Crippen LogP contribution in [0.15, 0.2) is 0 Å². The molecule has 0 aromatic carbocycles. The normalized spacial score (nSPS) is 12.0. The van der Waals surface area contributed by atoms with E-state index in [-0.39, 0.29) is 5.92 Å². The minimum atomic E-state index is 0.0833. The summed E-state index contributed by atoms with van der Waals surface area (Å²) in [6, 6.07) is 0. The van der Waals surface area contributed by atoms with Crippen molar-refractivity contribution < 1.29 is 4.79 Å². The molecule has 1 unspecified atom stereocenters. The van der Waals surface area contributed by atoms with Crippen LogP contribution < -0.4 is 0 Å². The fourth-order valence-electron chi connectivity index (χ4n) is 0.440. The fraction of sp³-hybridized carbons (Fsp3) is 0.571. The molecule has 0 aromatic heterocycles. The summed E-state index contributed by atoms with van der Waals surface area (Å²) >= 11 is 0. The van der Waals surface area contributed by atoms with Gasteiger partial charge in [-0.25, -0.2) is 0 Å². The van der Waals surface area contributed by atoms with Gasteiger partial charge in [0.15, 0.2) is 0 Å². The summed E-state index contributed by atoms with van der Waals surface area (Å²) in [7, 11) is 0. The van der Waals surface area contributed by atoms with Gasteiger partial charge in [-0.3, -0.25) is 0 Å². The van der Waals surface area contributed by atoms with Gasteiger partial charge in [0.2, 0.25) is 0 Å². The molecule has 0 aliphatic heterocycles. The van der Waals surface area contributed by atoms with E-state index in [0.29, 0.717) is 6.42 Å². The van der Waals surface area contributed by atoms with Crippen molar-refractivity contribution in [2.24, 2.45) is 5.92 Å². The van der Waals surface area contributed by atoms with E-state index in [1.807, 2.05) is 6.92 Å². The van der Waals surface area contributed by atoms with Crippen molar-refractivity contribution in [2.75, 3.05) is 0 Å². The number of hydrogen-bond donors (Lipinski definition) is 0. The summed E-state index contributed by atoms with van der Waals surface area (Å²) in [6.45, 7) is 1.95. The van der Waals surface area contributed by atoms with E-state index in [1.165, 1.54) is 0 Å². The highest BCUT2D eigenvalue weighted by molar-refractivity contribution is 5.53. The number of carbonyl (C=O) groups is 1. The molecule has 0 fully saturated rings. The average Bonchev–Trinajstić information content (AvgIpc) is 1.83. The molecule has 0 rings (SSSR count). The van der Waals surface area contributed by atoms with E-state index in [9.17, 15) is 4.79 Å². The molecule has 0 aromatic rings. The second kappa shape index (κ2) is 4.39. The topological polar surface area (TPSA) is 17.1 Å². The first kappa shape index (κ1) is 7.23. The lowest BCUT2D eigenvalue weighted by Gasteiger charge is -1.97. The SMILES string of the molecule is C#CCC(C=O)CC. The molecule has 1 heteroatoms. The predicted octanol–water partition coefficient (Wildman–Crippen LogP) is 1.23. The monoisotopic (exact) mass is 110 g/mol. The van der Waals surface area contributed by atoms with E-state index >= 15 is 0 Å². The third-order valence-corrected chi connectivity index (χ3v) is 1.10. The van der Waals surface area contributed by atoms with Gasteiger partial charge in [-0.05, 0) is 6.42 Å². The van der Waals surface area contributed by atoms with E-state index in [4.69, 9.17) is 6.42 Å². The molecule has 0 aliphatic carbocycles. The molecule has 0 saturated heterocycles. The molecule has 0 radical (unpaired) electrons. The molecule has 0 amide bonds. The van der Waals surface area contributed by atoms with E-state index < -0.39 is 0 Å². The third kappa shape index (κ3) is 2.41. The zero-order valence-electron chi connectivity index (χ0n) is 5.05. The number of rotatable bonds is 3. The summed E-state index contributed by atoms with van der Waals surface area (Å²) < 4.78 is 0. The van der Waals surface area contributed by atoms with Crippen LogP contribution in [0.5, 0.6) is 0 Å². The highest BCUT2D eigenvalue weighted by atomic mass is 16.1. The van der Waals surface area contributed by atoms with Gasteiger partial charge in [0.05, 0.1) is 0 Å². The molecule has 44 valence electrons. The minimum absolute atomic E-state index is 0.0833. The predicted molar refractivity (Wildman–Crippen MR) is 33.3 cm³/mol. The molecule has 0 saturated carbocycles. The maximum Gasteiger partial charge on any atom is 0.124 e. The van der Waals surface area contributed by atoms with Crippen molar-refractivity contribution in [1.29, 1.82) is 0 Å². The summed E-state index contributed by atoms with van der Waals surface area (Å²) in [5, 5.41) is 0. The highest BCUT2D eigenvalue weighted by Crippen LogP contribution is 2.01. The summed E-state index contributed by atoms with van der Waals surface area (Å²) in [6.07, 6.45) is 7.33. The molecular formula is C7H10O. The van der Waals surface area contributed by atoms with Crippen molar-refractivity contribution >= 4 is 6.29 Å². The molecule has 8 heavy (non-hydrogen) atoms. The molecule has 0 heterocycles. The maximum absolute atomic E-state index is 10.0. The van der Waals surface area contributed by atoms with Crippen molar-refractivity contribution in [1.82, 2.24) is 0 Å². The van der Waals surface area contributed by atoms with Gasteiger partial charge in [-0.15, -0.1) is 12.3 Å². The molecule has 0 aliphatic rings. The Balaban J connectivity index is 3.40. The number of hydrogen-bond acceptors (Lipinski definition) is 1. The Morgan fingerprint density at radius 2 is 2.50 bits per heavy atom. The van der Waals surface area contributed by atoms with Crippen molar-refractivity contribution in [3.05, 3.63) is 0 Å². The van der Waals surface area contributed by atoms with Crippen LogP contribution in [-0.2, 0) is 4.79 Å². The standard InChI is InChI=1S/C7H10O/c1-3-5-7(4-2)6-8/h1,6-7H,4-5H2,2H3. The zero-order valence-corrected chi connectivity index (χ0v) is 5.05. The Hall–Kier alpha value is -0.770. The molecule has 0 N–H and O–H groups in total. The molecule has 0 spiro atoms. The molecule has 1 nitrogen and oxygen atoms in total. The quantitative estimate of drug-likeness (QED) is 0.394. The van der Waals surface area contributed by atoms with Gasteiger partial charge < -0.3 is 4.79 Å². The van der Waals surface area contributed by atoms with Gasteiger partial charge in [0, 0.05) is 12.3 Å². The first-order chi connectivity index (χ1) is 3.85. The Labute approximate surface area is 50.1 Å². The fourth-order valence-corrected chi connectivity index (χ4v) is 0.440. The number of terminal acetylenes is 1.